The molecular formula is C85H150O17P2. The Hall–Kier alpha value is -4.02. The molecule has 5 atom stereocenters. The average molecular weight is 1510 g/mol. The highest BCUT2D eigenvalue weighted by Gasteiger charge is 2.30. The minimum Gasteiger partial charge on any atom is -0.462 e. The number of unbranched alkanes of at least 4 members (excludes halogenated alkanes) is 36. The van der Waals surface area contributed by atoms with Crippen LogP contribution in [0, 0.1) is 0 Å². The third kappa shape index (κ3) is 76.2. The molecule has 0 bridgehead atoms. The number of esters is 4. The lowest BCUT2D eigenvalue weighted by atomic mass is 10.0. The van der Waals surface area contributed by atoms with Gasteiger partial charge in [-0.15, -0.1) is 0 Å². The zero-order chi connectivity index (χ0) is 76.0. The van der Waals surface area contributed by atoms with Crippen molar-refractivity contribution in [2.75, 3.05) is 39.6 Å². The van der Waals surface area contributed by atoms with Gasteiger partial charge in [-0.25, -0.2) is 9.13 Å². The van der Waals surface area contributed by atoms with Crippen molar-refractivity contribution in [2.24, 2.45) is 0 Å². The van der Waals surface area contributed by atoms with E-state index in [4.69, 9.17) is 37.0 Å². The van der Waals surface area contributed by atoms with Crippen LogP contribution < -0.4 is 0 Å². The molecule has 104 heavy (non-hydrogen) atoms. The topological polar surface area (TPSA) is 237 Å². The summed E-state index contributed by atoms with van der Waals surface area (Å²) in [6, 6.07) is 0. The first kappa shape index (κ1) is 100.0. The summed E-state index contributed by atoms with van der Waals surface area (Å²) in [6.07, 6.45) is 82.5. The van der Waals surface area contributed by atoms with Crippen LogP contribution in [-0.2, 0) is 65.4 Å². The van der Waals surface area contributed by atoms with E-state index in [1.54, 1.807) is 0 Å². The Kier molecular flexibility index (Phi) is 74.2. The van der Waals surface area contributed by atoms with Gasteiger partial charge in [0.05, 0.1) is 26.4 Å². The number of rotatable bonds is 78. The maximum absolute atomic E-state index is 13.1. The molecule has 0 amide bonds. The highest BCUT2D eigenvalue weighted by molar-refractivity contribution is 7.47. The second-order valence-corrected chi connectivity index (χ2v) is 30.6. The van der Waals surface area contributed by atoms with E-state index in [0.29, 0.717) is 32.1 Å². The molecule has 0 aliphatic carbocycles. The lowest BCUT2D eigenvalue weighted by Crippen LogP contribution is -2.30. The summed E-state index contributed by atoms with van der Waals surface area (Å²) in [5, 5.41) is 10.7. The molecule has 0 aliphatic rings. The molecule has 0 aliphatic heterocycles. The number of phosphoric acid groups is 2. The monoisotopic (exact) mass is 1510 g/mol. The van der Waals surface area contributed by atoms with Crippen LogP contribution in [0.1, 0.15) is 362 Å². The van der Waals surface area contributed by atoms with E-state index in [2.05, 4.69) is 107 Å². The zero-order valence-electron chi connectivity index (χ0n) is 65.9. The van der Waals surface area contributed by atoms with Gasteiger partial charge in [-0.2, -0.15) is 0 Å². The minimum atomic E-state index is -5.00. The molecule has 0 aromatic rings. The Balaban J connectivity index is 5.42. The minimum absolute atomic E-state index is 0.0312. The van der Waals surface area contributed by atoms with Crippen molar-refractivity contribution in [3.05, 3.63) is 97.2 Å². The zero-order valence-corrected chi connectivity index (χ0v) is 67.7. The molecular weight excluding hydrogens is 1350 g/mol. The fourth-order valence-electron chi connectivity index (χ4n) is 11.2. The first-order chi connectivity index (χ1) is 50.7. The van der Waals surface area contributed by atoms with Gasteiger partial charge in [-0.05, 0) is 116 Å². The molecule has 0 rings (SSSR count). The molecule has 17 nitrogen and oxygen atoms in total. The third-order valence-electron chi connectivity index (χ3n) is 17.5. The van der Waals surface area contributed by atoms with Crippen LogP contribution in [0.15, 0.2) is 97.2 Å². The van der Waals surface area contributed by atoms with Gasteiger partial charge in [-0.3, -0.25) is 37.3 Å². The fourth-order valence-corrected chi connectivity index (χ4v) is 12.8. The molecule has 0 heterocycles. The van der Waals surface area contributed by atoms with Crippen LogP contribution in [0.2, 0.25) is 0 Å². The predicted molar refractivity (Wildman–Crippen MR) is 427 cm³/mol. The molecule has 0 radical (unpaired) electrons. The van der Waals surface area contributed by atoms with E-state index in [9.17, 15) is 43.2 Å². The lowest BCUT2D eigenvalue weighted by Gasteiger charge is -2.21. The van der Waals surface area contributed by atoms with Gasteiger partial charge < -0.3 is 33.8 Å². The summed E-state index contributed by atoms with van der Waals surface area (Å²) in [5.74, 6) is -2.27. The van der Waals surface area contributed by atoms with E-state index in [1.807, 2.05) is 18.2 Å². The van der Waals surface area contributed by atoms with Crippen LogP contribution in [0.4, 0.5) is 0 Å². The van der Waals surface area contributed by atoms with Crippen molar-refractivity contribution in [3.63, 3.8) is 0 Å². The summed E-state index contributed by atoms with van der Waals surface area (Å²) >= 11 is 0. The van der Waals surface area contributed by atoms with Gasteiger partial charge >= 0.3 is 39.5 Å². The number of carbonyl (C=O) groups is 4. The molecule has 0 saturated carbocycles. The third-order valence-corrected chi connectivity index (χ3v) is 19.4. The van der Waals surface area contributed by atoms with Crippen LogP contribution in [0.5, 0.6) is 0 Å². The Bertz CT molecular complexity index is 2350. The van der Waals surface area contributed by atoms with Crippen molar-refractivity contribution < 1.29 is 80.2 Å². The molecule has 3 N–H and O–H groups in total. The Morgan fingerprint density at radius 3 is 0.827 bits per heavy atom. The number of aliphatic hydroxyl groups is 1. The second-order valence-electron chi connectivity index (χ2n) is 27.7. The molecule has 0 saturated heterocycles. The van der Waals surface area contributed by atoms with Gasteiger partial charge in [0, 0.05) is 25.7 Å². The fraction of sp³-hybridized carbons (Fsp3) is 0.765. The summed E-state index contributed by atoms with van der Waals surface area (Å²) in [7, 11) is -9.98. The van der Waals surface area contributed by atoms with Gasteiger partial charge in [0.2, 0.25) is 0 Å². The average Bonchev–Trinajstić information content (AvgIpc) is 0.943. The standard InChI is InChI=1S/C85H150O17P2/c1-5-9-13-17-21-25-29-33-37-38-39-40-44-48-52-56-60-64-68-72-85(90)102-81(76-96-83(88)70-66-62-58-54-50-46-42-35-31-27-23-19-15-11-7-3)78-100-104(93,94)98-74-79(86)73-97-103(91,92)99-77-80(101-84(89)71-67-63-59-55-51-47-43-36-32-28-24-20-16-12-8-4)75-95-82(87)69-65-61-57-53-49-45-41-34-30-26-22-18-14-10-6-2/h9,13,21,25,33-35,37,39-42,48,52,60,64,79-81,86H,5-8,10-12,14-20,22-24,26-32,36,38,43-47,49-51,53-59,61-63,65-78H2,1-4H3,(H,91,92)(H,93,94)/b13-9-,25-21-,37-33-,40-39-,41-34-,42-35-,52-48-,64-60-/t79-,80+,81+/m0/s1. The summed E-state index contributed by atoms with van der Waals surface area (Å²) in [5.41, 5.74) is 0. The first-order valence-electron chi connectivity index (χ1n) is 41.5. The van der Waals surface area contributed by atoms with Crippen LogP contribution in [-0.4, -0.2) is 96.7 Å². The molecule has 0 spiro atoms. The van der Waals surface area contributed by atoms with Crippen molar-refractivity contribution in [3.8, 4) is 0 Å². The Morgan fingerprint density at radius 1 is 0.279 bits per heavy atom. The number of phosphoric ester groups is 2. The van der Waals surface area contributed by atoms with E-state index < -0.39 is 97.5 Å². The second kappa shape index (κ2) is 77.1. The number of ether oxygens (including phenoxy) is 4. The molecule has 2 unspecified atom stereocenters. The smallest absolute Gasteiger partial charge is 0.462 e. The molecule has 0 aromatic carbocycles. The normalized spacial score (nSPS) is 14.3. The highest BCUT2D eigenvalue weighted by Crippen LogP contribution is 2.45. The Morgan fingerprint density at radius 2 is 0.519 bits per heavy atom. The van der Waals surface area contributed by atoms with Crippen molar-refractivity contribution in [1.29, 1.82) is 0 Å². The summed E-state index contributed by atoms with van der Waals surface area (Å²) < 4.78 is 68.6. The van der Waals surface area contributed by atoms with Crippen LogP contribution >= 0.6 is 15.6 Å². The highest BCUT2D eigenvalue weighted by atomic mass is 31.2. The van der Waals surface area contributed by atoms with Gasteiger partial charge in [0.1, 0.15) is 19.3 Å². The molecule has 0 aromatic heterocycles. The largest absolute Gasteiger partial charge is 0.472 e. The van der Waals surface area contributed by atoms with Gasteiger partial charge in [0.25, 0.3) is 0 Å². The van der Waals surface area contributed by atoms with Crippen LogP contribution in [0.3, 0.4) is 0 Å². The van der Waals surface area contributed by atoms with E-state index in [-0.39, 0.29) is 25.7 Å². The number of allylic oxidation sites excluding steroid dienone is 16. The lowest BCUT2D eigenvalue weighted by molar-refractivity contribution is -0.161. The quantitative estimate of drug-likeness (QED) is 0.0169. The summed E-state index contributed by atoms with van der Waals surface area (Å²) in [6.45, 7) is 4.71. The van der Waals surface area contributed by atoms with Crippen molar-refractivity contribution in [1.82, 2.24) is 0 Å². The number of hydrogen-bond acceptors (Lipinski definition) is 15. The SMILES string of the molecule is CC/C=C\C/C=C\C/C=C\C/C=C\C/C=C\C/C=C\CCC(=O)O[C@H](COC(=O)CCCCCCC/C=C\CCCCCCCC)COP(=O)(O)OC[C@@H](O)COP(=O)(O)OC[C@@H](COC(=O)CCCCCCC/C=C\CCCCCCCC)OC(=O)CCCCCCCCCCCCCCCCC. The van der Waals surface area contributed by atoms with Gasteiger partial charge in [-0.1, -0.05) is 318 Å². The van der Waals surface area contributed by atoms with E-state index in [0.717, 1.165) is 135 Å². The number of aliphatic hydroxyl groups excluding tert-OH is 1. The maximum atomic E-state index is 13.1. The number of carbonyl (C=O) groups excluding carboxylic acids is 4. The molecule has 0 fully saturated rings. The number of hydrogen-bond donors (Lipinski definition) is 3. The molecule has 602 valence electrons. The van der Waals surface area contributed by atoms with Crippen molar-refractivity contribution >= 4 is 39.5 Å². The first-order valence-corrected chi connectivity index (χ1v) is 44.5. The van der Waals surface area contributed by atoms with E-state index in [1.165, 1.54) is 141 Å². The van der Waals surface area contributed by atoms with Crippen molar-refractivity contribution in [2.45, 2.75) is 380 Å². The Labute approximate surface area is 633 Å². The van der Waals surface area contributed by atoms with Gasteiger partial charge in [0.15, 0.2) is 12.2 Å². The van der Waals surface area contributed by atoms with E-state index >= 15 is 0 Å². The maximum Gasteiger partial charge on any atom is 0.472 e. The molecule has 19 heteroatoms. The predicted octanol–water partition coefficient (Wildman–Crippen LogP) is 24.3. The van der Waals surface area contributed by atoms with Crippen LogP contribution in [0.25, 0.3) is 0 Å². The summed E-state index contributed by atoms with van der Waals surface area (Å²) in [4.78, 5) is 73.1.